The fourth-order valence-corrected chi connectivity index (χ4v) is 3.52. The van der Waals surface area contributed by atoms with E-state index in [1.54, 1.807) is 37.5 Å². The molecule has 9 heteroatoms. The number of carbonyl (C=O) groups excluding carboxylic acids is 1. The zero-order valence-corrected chi connectivity index (χ0v) is 15.6. The Bertz CT molecular complexity index is 1080. The number of anilines is 1. The standard InChI is InChI=1S/C18H17N5O3S/c1-3-23-17(15-5-4-8-25-15)21-22-18(23)27-10-16(24)20-12-6-7-14-13(9-12)19-11(2)26-14/h4-9H,3,10H2,1-2H3,(H,20,24). The molecule has 0 saturated heterocycles. The summed E-state index contributed by atoms with van der Waals surface area (Å²) in [7, 11) is 0. The van der Waals surface area contributed by atoms with Crippen molar-refractivity contribution >= 4 is 34.5 Å². The molecule has 1 aromatic carbocycles. The van der Waals surface area contributed by atoms with E-state index in [-0.39, 0.29) is 11.7 Å². The smallest absolute Gasteiger partial charge is 0.234 e. The van der Waals surface area contributed by atoms with Crippen LogP contribution in [0.3, 0.4) is 0 Å². The largest absolute Gasteiger partial charge is 0.461 e. The average molecular weight is 383 g/mol. The number of nitrogens with zero attached hydrogens (tertiary/aromatic N) is 4. The van der Waals surface area contributed by atoms with E-state index in [1.807, 2.05) is 17.6 Å². The summed E-state index contributed by atoms with van der Waals surface area (Å²) >= 11 is 1.33. The van der Waals surface area contributed by atoms with Crippen molar-refractivity contribution in [3.05, 3.63) is 42.5 Å². The van der Waals surface area contributed by atoms with E-state index in [0.29, 0.717) is 46.0 Å². The van der Waals surface area contributed by atoms with Crippen molar-refractivity contribution in [2.45, 2.75) is 25.5 Å². The second kappa shape index (κ2) is 7.28. The molecule has 4 rings (SSSR count). The van der Waals surface area contributed by atoms with Crippen LogP contribution in [0.4, 0.5) is 5.69 Å². The Kier molecular flexibility index (Phi) is 4.68. The highest BCUT2D eigenvalue weighted by Gasteiger charge is 2.16. The van der Waals surface area contributed by atoms with Gasteiger partial charge in [0.2, 0.25) is 5.91 Å². The van der Waals surface area contributed by atoms with Crippen LogP contribution in [-0.4, -0.2) is 31.4 Å². The van der Waals surface area contributed by atoms with Gasteiger partial charge in [0.1, 0.15) is 5.52 Å². The lowest BCUT2D eigenvalue weighted by atomic mass is 10.3. The van der Waals surface area contributed by atoms with Crippen molar-refractivity contribution in [2.24, 2.45) is 0 Å². The van der Waals surface area contributed by atoms with Gasteiger partial charge in [-0.1, -0.05) is 11.8 Å². The lowest BCUT2D eigenvalue weighted by Gasteiger charge is -2.07. The zero-order valence-electron chi connectivity index (χ0n) is 14.8. The molecule has 1 N–H and O–H groups in total. The van der Waals surface area contributed by atoms with Crippen LogP contribution in [0.5, 0.6) is 0 Å². The summed E-state index contributed by atoms with van der Waals surface area (Å²) in [4.78, 5) is 16.6. The Morgan fingerprint density at radius 1 is 1.30 bits per heavy atom. The monoisotopic (exact) mass is 383 g/mol. The number of rotatable bonds is 6. The van der Waals surface area contributed by atoms with Crippen molar-refractivity contribution in [1.29, 1.82) is 0 Å². The van der Waals surface area contributed by atoms with Gasteiger partial charge in [-0.25, -0.2) is 4.98 Å². The van der Waals surface area contributed by atoms with Crippen LogP contribution < -0.4 is 5.32 Å². The maximum atomic E-state index is 12.3. The first-order chi connectivity index (χ1) is 13.1. The van der Waals surface area contributed by atoms with Crippen molar-refractivity contribution in [3.63, 3.8) is 0 Å². The number of carbonyl (C=O) groups is 1. The Labute approximate surface area is 159 Å². The van der Waals surface area contributed by atoms with E-state index in [2.05, 4.69) is 20.5 Å². The van der Waals surface area contributed by atoms with Gasteiger partial charge in [-0.15, -0.1) is 10.2 Å². The van der Waals surface area contributed by atoms with Crippen LogP contribution in [0, 0.1) is 6.92 Å². The Morgan fingerprint density at radius 2 is 2.19 bits per heavy atom. The Balaban J connectivity index is 1.43. The Hall–Kier alpha value is -3.07. The number of fused-ring (bicyclic) bond motifs is 1. The first kappa shape index (κ1) is 17.3. The van der Waals surface area contributed by atoms with E-state index in [4.69, 9.17) is 8.83 Å². The highest BCUT2D eigenvalue weighted by molar-refractivity contribution is 7.99. The number of hydrogen-bond donors (Lipinski definition) is 1. The number of nitrogens with one attached hydrogen (secondary N) is 1. The van der Waals surface area contributed by atoms with E-state index >= 15 is 0 Å². The summed E-state index contributed by atoms with van der Waals surface area (Å²) in [5.74, 6) is 1.97. The van der Waals surface area contributed by atoms with Crippen LogP contribution in [0.15, 0.2) is 50.6 Å². The van der Waals surface area contributed by atoms with Crippen molar-refractivity contribution in [2.75, 3.05) is 11.1 Å². The minimum absolute atomic E-state index is 0.134. The number of thioether (sulfide) groups is 1. The molecule has 1 amide bonds. The molecule has 0 spiro atoms. The third-order valence-corrected chi connectivity index (χ3v) is 4.85. The molecule has 0 aliphatic carbocycles. The van der Waals surface area contributed by atoms with Gasteiger partial charge in [-0.2, -0.15) is 0 Å². The fourth-order valence-electron chi connectivity index (χ4n) is 2.72. The molecule has 8 nitrogen and oxygen atoms in total. The molecule has 0 atom stereocenters. The highest BCUT2D eigenvalue weighted by atomic mass is 32.2. The van der Waals surface area contributed by atoms with Gasteiger partial charge in [0.05, 0.1) is 12.0 Å². The molecule has 138 valence electrons. The third kappa shape index (κ3) is 3.59. The number of aryl methyl sites for hydroxylation is 1. The molecule has 0 unspecified atom stereocenters. The summed E-state index contributed by atoms with van der Waals surface area (Å²) in [6.45, 7) is 4.46. The second-order valence-electron chi connectivity index (χ2n) is 5.78. The lowest BCUT2D eigenvalue weighted by molar-refractivity contribution is -0.113. The number of oxazole rings is 1. The Morgan fingerprint density at radius 3 is 2.96 bits per heavy atom. The van der Waals surface area contributed by atoms with Crippen LogP contribution in [0.2, 0.25) is 0 Å². The minimum atomic E-state index is -0.134. The maximum Gasteiger partial charge on any atom is 0.234 e. The SMILES string of the molecule is CCn1c(SCC(=O)Nc2ccc3oc(C)nc3c2)nnc1-c1ccco1. The van der Waals surface area contributed by atoms with E-state index in [1.165, 1.54) is 11.8 Å². The first-order valence-corrected chi connectivity index (χ1v) is 9.39. The molecule has 0 radical (unpaired) electrons. The number of furan rings is 1. The fraction of sp³-hybridized carbons (Fsp3) is 0.222. The molecule has 3 heterocycles. The third-order valence-electron chi connectivity index (χ3n) is 3.89. The molecule has 0 bridgehead atoms. The van der Waals surface area contributed by atoms with Crippen LogP contribution in [0.1, 0.15) is 12.8 Å². The van der Waals surface area contributed by atoms with Gasteiger partial charge in [0.15, 0.2) is 28.2 Å². The summed E-state index contributed by atoms with van der Waals surface area (Å²) in [5.41, 5.74) is 2.09. The number of aromatic nitrogens is 4. The highest BCUT2D eigenvalue weighted by Crippen LogP contribution is 2.25. The van der Waals surface area contributed by atoms with E-state index in [9.17, 15) is 4.79 Å². The summed E-state index contributed by atoms with van der Waals surface area (Å²) in [5, 5.41) is 11.9. The summed E-state index contributed by atoms with van der Waals surface area (Å²) in [6, 6.07) is 9.01. The lowest BCUT2D eigenvalue weighted by Crippen LogP contribution is -2.14. The van der Waals surface area contributed by atoms with Crippen molar-refractivity contribution in [3.8, 4) is 11.6 Å². The molecule has 3 aromatic heterocycles. The van der Waals surface area contributed by atoms with Gasteiger partial charge in [-0.05, 0) is 37.3 Å². The average Bonchev–Trinajstić information content (AvgIpc) is 3.37. The molecular weight excluding hydrogens is 366 g/mol. The van der Waals surface area contributed by atoms with E-state index < -0.39 is 0 Å². The van der Waals surface area contributed by atoms with Gasteiger partial charge >= 0.3 is 0 Å². The van der Waals surface area contributed by atoms with Crippen LogP contribution >= 0.6 is 11.8 Å². The molecule has 4 aromatic rings. The zero-order chi connectivity index (χ0) is 18.8. The molecular formula is C18H17N5O3S. The molecule has 0 aliphatic rings. The van der Waals surface area contributed by atoms with Gasteiger partial charge in [0.25, 0.3) is 0 Å². The number of hydrogen-bond acceptors (Lipinski definition) is 7. The maximum absolute atomic E-state index is 12.3. The summed E-state index contributed by atoms with van der Waals surface area (Å²) < 4.78 is 12.7. The van der Waals surface area contributed by atoms with E-state index in [0.717, 1.165) is 0 Å². The summed E-state index contributed by atoms with van der Waals surface area (Å²) in [6.07, 6.45) is 1.59. The van der Waals surface area contributed by atoms with Crippen molar-refractivity contribution in [1.82, 2.24) is 19.7 Å². The number of benzene rings is 1. The predicted octanol–water partition coefficient (Wildman–Crippen LogP) is 3.74. The van der Waals surface area contributed by atoms with Crippen molar-refractivity contribution < 1.29 is 13.6 Å². The first-order valence-electron chi connectivity index (χ1n) is 8.41. The predicted molar refractivity (Wildman–Crippen MR) is 101 cm³/mol. The quantitative estimate of drug-likeness (QED) is 0.506. The topological polar surface area (TPSA) is 99.0 Å². The second-order valence-corrected chi connectivity index (χ2v) is 6.72. The molecule has 27 heavy (non-hydrogen) atoms. The van der Waals surface area contributed by atoms with Gasteiger partial charge in [-0.3, -0.25) is 9.36 Å². The molecule has 0 aliphatic heterocycles. The number of amides is 1. The van der Waals surface area contributed by atoms with Crippen LogP contribution in [0.25, 0.3) is 22.7 Å². The molecule has 0 saturated carbocycles. The van der Waals surface area contributed by atoms with Gasteiger partial charge in [0, 0.05) is 19.2 Å². The normalized spacial score (nSPS) is 11.2. The van der Waals surface area contributed by atoms with Crippen LogP contribution in [-0.2, 0) is 11.3 Å². The van der Waals surface area contributed by atoms with Gasteiger partial charge < -0.3 is 14.2 Å². The molecule has 0 fully saturated rings. The minimum Gasteiger partial charge on any atom is -0.461 e.